The van der Waals surface area contributed by atoms with Crippen LogP contribution >= 0.6 is 35.6 Å². The second kappa shape index (κ2) is 12.9. The molecule has 2 N–H and O–H groups in total. The number of halogens is 2. The van der Waals surface area contributed by atoms with Gasteiger partial charge in [-0.3, -0.25) is 4.99 Å². The van der Waals surface area contributed by atoms with E-state index in [9.17, 15) is 8.42 Å². The molecule has 2 aromatic carbocycles. The Bertz CT molecular complexity index is 873. The molecule has 0 fully saturated rings. The van der Waals surface area contributed by atoms with Crippen molar-refractivity contribution >= 4 is 51.4 Å². The van der Waals surface area contributed by atoms with E-state index >= 15 is 0 Å². The van der Waals surface area contributed by atoms with E-state index in [1.165, 1.54) is 11.8 Å². The van der Waals surface area contributed by atoms with Crippen molar-refractivity contribution in [3.8, 4) is 5.75 Å². The number of hydrogen-bond acceptors (Lipinski definition) is 4. The number of nitrogens with one attached hydrogen (secondary N) is 2. The van der Waals surface area contributed by atoms with Crippen LogP contribution in [0.5, 0.6) is 5.75 Å². The summed E-state index contributed by atoms with van der Waals surface area (Å²) < 4.78 is 28.5. The molecule has 0 heterocycles. The number of hydrogen-bond donors (Lipinski definition) is 2. The molecule has 0 saturated carbocycles. The minimum atomic E-state index is -3.19. The topological polar surface area (TPSA) is 79.8 Å². The molecule has 0 bridgehead atoms. The Kier molecular flexibility index (Phi) is 11.4. The van der Waals surface area contributed by atoms with E-state index in [-0.39, 0.29) is 28.9 Å². The summed E-state index contributed by atoms with van der Waals surface area (Å²) in [5, 5.41) is 7.14. The molecular weight excluding hydrogens is 525 g/mol. The molecule has 0 aliphatic rings. The molecular formula is C20H27ClIN3O3S. The van der Waals surface area contributed by atoms with Gasteiger partial charge in [0, 0.05) is 24.4 Å². The highest BCUT2D eigenvalue weighted by atomic mass is 127. The molecule has 0 saturated heterocycles. The van der Waals surface area contributed by atoms with Crippen LogP contribution in [-0.4, -0.2) is 46.9 Å². The molecule has 0 unspecified atom stereocenters. The summed E-state index contributed by atoms with van der Waals surface area (Å²) in [6.45, 7) is 4.43. The Morgan fingerprint density at radius 1 is 1.07 bits per heavy atom. The van der Waals surface area contributed by atoms with Gasteiger partial charge < -0.3 is 15.4 Å². The van der Waals surface area contributed by atoms with Crippen LogP contribution in [0.15, 0.2) is 58.4 Å². The van der Waals surface area contributed by atoms with Crippen LogP contribution < -0.4 is 15.4 Å². The van der Waals surface area contributed by atoms with Crippen LogP contribution in [0, 0.1) is 0 Å². The van der Waals surface area contributed by atoms with Gasteiger partial charge >= 0.3 is 0 Å². The minimum absolute atomic E-state index is 0. The first-order valence-electron chi connectivity index (χ1n) is 9.08. The summed E-state index contributed by atoms with van der Waals surface area (Å²) >= 11 is 5.89. The first-order valence-corrected chi connectivity index (χ1v) is 11.3. The van der Waals surface area contributed by atoms with Gasteiger partial charge in [0.1, 0.15) is 12.4 Å². The van der Waals surface area contributed by atoms with Crippen molar-refractivity contribution in [1.82, 2.24) is 10.6 Å². The lowest BCUT2D eigenvalue weighted by molar-refractivity contribution is 0.321. The molecule has 29 heavy (non-hydrogen) atoms. The number of guanidine groups is 1. The van der Waals surface area contributed by atoms with Crippen molar-refractivity contribution in [3.63, 3.8) is 0 Å². The standard InChI is InChI=1S/C20H26ClN3O3S.HI/c1-3-22-20(23-13-12-16-4-6-17(21)7-5-16)24-14-15-27-18-8-10-19(11-9-18)28(2,25)26;/h4-11H,3,12-15H2,1-2H3,(H2,22,23,24);1H. The largest absolute Gasteiger partial charge is 0.492 e. The summed E-state index contributed by atoms with van der Waals surface area (Å²) in [5.74, 6) is 1.35. The number of nitrogens with zero attached hydrogens (tertiary/aromatic N) is 1. The third-order valence-corrected chi connectivity index (χ3v) is 5.22. The highest BCUT2D eigenvalue weighted by molar-refractivity contribution is 14.0. The van der Waals surface area contributed by atoms with Crippen LogP contribution in [0.4, 0.5) is 0 Å². The molecule has 2 rings (SSSR count). The van der Waals surface area contributed by atoms with Crippen LogP contribution in [0.2, 0.25) is 5.02 Å². The molecule has 0 aliphatic heterocycles. The van der Waals surface area contributed by atoms with Crippen LogP contribution in [-0.2, 0) is 16.3 Å². The molecule has 9 heteroatoms. The van der Waals surface area contributed by atoms with Crippen molar-refractivity contribution < 1.29 is 13.2 Å². The van der Waals surface area contributed by atoms with Gasteiger partial charge in [0.15, 0.2) is 15.8 Å². The normalized spacial score (nSPS) is 11.5. The monoisotopic (exact) mass is 551 g/mol. The van der Waals surface area contributed by atoms with Gasteiger partial charge in [0.2, 0.25) is 0 Å². The van der Waals surface area contributed by atoms with Crippen LogP contribution in [0.25, 0.3) is 0 Å². The summed E-state index contributed by atoms with van der Waals surface area (Å²) in [4.78, 5) is 4.83. The zero-order valence-corrected chi connectivity index (χ0v) is 20.4. The maximum Gasteiger partial charge on any atom is 0.191 e. The maximum atomic E-state index is 11.5. The highest BCUT2D eigenvalue weighted by Gasteiger charge is 2.06. The van der Waals surface area contributed by atoms with Crippen molar-refractivity contribution in [1.29, 1.82) is 0 Å². The predicted molar refractivity (Wildman–Crippen MR) is 130 cm³/mol. The van der Waals surface area contributed by atoms with E-state index in [0.717, 1.165) is 23.9 Å². The van der Waals surface area contributed by atoms with Gasteiger partial charge in [0.25, 0.3) is 0 Å². The Morgan fingerprint density at radius 2 is 1.72 bits per heavy atom. The van der Waals surface area contributed by atoms with Crippen molar-refractivity contribution in [2.75, 3.05) is 32.5 Å². The quantitative estimate of drug-likeness (QED) is 0.216. The fraction of sp³-hybridized carbons (Fsp3) is 0.350. The van der Waals surface area contributed by atoms with E-state index in [1.807, 2.05) is 31.2 Å². The van der Waals surface area contributed by atoms with Crippen molar-refractivity contribution in [2.24, 2.45) is 4.99 Å². The van der Waals surface area contributed by atoms with Crippen molar-refractivity contribution in [2.45, 2.75) is 18.2 Å². The smallest absolute Gasteiger partial charge is 0.191 e. The number of benzene rings is 2. The second-order valence-electron chi connectivity index (χ2n) is 6.16. The van der Waals surface area contributed by atoms with Crippen LogP contribution in [0.1, 0.15) is 12.5 Å². The van der Waals surface area contributed by atoms with Crippen molar-refractivity contribution in [3.05, 3.63) is 59.1 Å². The molecule has 0 aliphatic carbocycles. The average Bonchev–Trinajstić information content (AvgIpc) is 2.66. The lowest BCUT2D eigenvalue weighted by Gasteiger charge is -2.12. The molecule has 0 atom stereocenters. The average molecular weight is 552 g/mol. The fourth-order valence-corrected chi connectivity index (χ4v) is 3.17. The lowest BCUT2D eigenvalue weighted by Crippen LogP contribution is -2.39. The Morgan fingerprint density at radius 3 is 2.31 bits per heavy atom. The van der Waals surface area contributed by atoms with E-state index in [1.54, 1.807) is 24.3 Å². The van der Waals surface area contributed by atoms with Gasteiger partial charge in [-0.15, -0.1) is 24.0 Å². The zero-order chi connectivity index (χ0) is 20.4. The fourth-order valence-electron chi connectivity index (χ4n) is 2.41. The van der Waals surface area contributed by atoms with Gasteiger partial charge in [0.05, 0.1) is 11.4 Å². The van der Waals surface area contributed by atoms with Gasteiger partial charge in [-0.2, -0.15) is 0 Å². The van der Waals surface area contributed by atoms with E-state index in [2.05, 4.69) is 15.6 Å². The number of rotatable bonds is 9. The Hall–Kier alpha value is -1.52. The SMILES string of the molecule is CCNC(=NCCc1ccc(Cl)cc1)NCCOc1ccc(S(C)(=O)=O)cc1.I. The molecule has 0 aromatic heterocycles. The molecule has 160 valence electrons. The predicted octanol–water partition coefficient (Wildman–Crippen LogP) is 3.54. The van der Waals surface area contributed by atoms with E-state index in [0.29, 0.717) is 25.4 Å². The summed E-state index contributed by atoms with van der Waals surface area (Å²) in [5.41, 5.74) is 1.19. The minimum Gasteiger partial charge on any atom is -0.492 e. The number of ether oxygens (including phenoxy) is 1. The third kappa shape index (κ3) is 9.68. The zero-order valence-electron chi connectivity index (χ0n) is 16.5. The molecule has 0 radical (unpaired) electrons. The highest BCUT2D eigenvalue weighted by Crippen LogP contribution is 2.15. The molecule has 0 amide bonds. The van der Waals surface area contributed by atoms with Gasteiger partial charge in [-0.05, 0) is 55.3 Å². The summed E-state index contributed by atoms with van der Waals surface area (Å²) in [6.07, 6.45) is 2.01. The summed E-state index contributed by atoms with van der Waals surface area (Å²) in [6, 6.07) is 14.2. The van der Waals surface area contributed by atoms with E-state index < -0.39 is 9.84 Å². The summed E-state index contributed by atoms with van der Waals surface area (Å²) in [7, 11) is -3.19. The lowest BCUT2D eigenvalue weighted by atomic mass is 10.1. The van der Waals surface area contributed by atoms with Crippen LogP contribution in [0.3, 0.4) is 0 Å². The first kappa shape index (κ1) is 25.5. The maximum absolute atomic E-state index is 11.5. The van der Waals surface area contributed by atoms with Gasteiger partial charge in [-0.1, -0.05) is 23.7 Å². The molecule has 6 nitrogen and oxygen atoms in total. The Labute approximate surface area is 195 Å². The number of sulfone groups is 1. The molecule has 2 aromatic rings. The first-order chi connectivity index (χ1) is 13.4. The Balaban J connectivity index is 0.00000420. The van der Waals surface area contributed by atoms with E-state index in [4.69, 9.17) is 16.3 Å². The number of aliphatic imine (C=N–C) groups is 1. The second-order valence-corrected chi connectivity index (χ2v) is 8.61. The molecule has 0 spiro atoms. The van der Waals surface area contributed by atoms with Gasteiger partial charge in [-0.25, -0.2) is 8.42 Å². The third-order valence-electron chi connectivity index (χ3n) is 3.84.